The maximum atomic E-state index is 14.4. The van der Waals surface area contributed by atoms with E-state index in [0.717, 1.165) is 23.3 Å². The molecule has 1 N–H and O–H groups in total. The number of aliphatic carboxylic acids is 1. The van der Waals surface area contributed by atoms with Crippen molar-refractivity contribution in [3.8, 4) is 5.75 Å². The van der Waals surface area contributed by atoms with Crippen molar-refractivity contribution in [3.05, 3.63) is 65.0 Å². The van der Waals surface area contributed by atoms with Crippen LogP contribution >= 0.6 is 0 Å². The van der Waals surface area contributed by atoms with Gasteiger partial charge in [-0.2, -0.15) is 0 Å². The first-order chi connectivity index (χ1) is 13.3. The Labute approximate surface area is 164 Å². The average molecular weight is 384 g/mol. The lowest BCUT2D eigenvalue weighted by molar-refractivity contribution is -0.153. The minimum Gasteiger partial charge on any atom is -0.487 e. The Bertz CT molecular complexity index is 907. The van der Waals surface area contributed by atoms with E-state index >= 15 is 0 Å². The zero-order valence-electron chi connectivity index (χ0n) is 16.3. The normalized spacial score (nSPS) is 28.0. The molecule has 0 aliphatic carbocycles. The van der Waals surface area contributed by atoms with Crippen LogP contribution in [0.2, 0.25) is 0 Å². The van der Waals surface area contributed by atoms with Crippen LogP contribution in [-0.2, 0) is 16.0 Å². The Morgan fingerprint density at radius 1 is 1.21 bits per heavy atom. The minimum absolute atomic E-state index is 0.0286. The number of halogens is 1. The molecule has 0 aromatic heterocycles. The van der Waals surface area contributed by atoms with Crippen LogP contribution in [0.25, 0.3) is 0 Å². The van der Waals surface area contributed by atoms with E-state index in [1.807, 2.05) is 45.0 Å². The number of benzene rings is 2. The van der Waals surface area contributed by atoms with E-state index < -0.39 is 11.6 Å². The molecule has 0 amide bonds. The number of carboxylic acids is 1. The summed E-state index contributed by atoms with van der Waals surface area (Å²) in [5, 5.41) is 9.12. The first-order valence-electron chi connectivity index (χ1n) is 9.70. The Kier molecular flexibility index (Phi) is 4.66. The molecule has 4 atom stereocenters. The standard InChI is InChI=1S/C23H25FO4/c1-13-16(15-6-4-5-7-19(15)24)12-18-22(27-13)17-10-14(11-21(25)26)8-9-20(17)28-23(18,2)3/h4-10,13,16,18,22H,11-12H2,1-3H3,(H,25,26)/t13-,16+,18-,22+/m0/s1. The van der Waals surface area contributed by atoms with Gasteiger partial charge in [0, 0.05) is 17.4 Å². The van der Waals surface area contributed by atoms with E-state index in [0.29, 0.717) is 5.56 Å². The van der Waals surface area contributed by atoms with E-state index in [1.165, 1.54) is 6.07 Å². The molecule has 148 valence electrons. The summed E-state index contributed by atoms with van der Waals surface area (Å²) < 4.78 is 27.2. The summed E-state index contributed by atoms with van der Waals surface area (Å²) in [6, 6.07) is 12.4. The van der Waals surface area contributed by atoms with Gasteiger partial charge in [-0.1, -0.05) is 24.3 Å². The Morgan fingerprint density at radius 3 is 2.68 bits per heavy atom. The van der Waals surface area contributed by atoms with Crippen molar-refractivity contribution in [1.82, 2.24) is 0 Å². The van der Waals surface area contributed by atoms with Crippen LogP contribution in [0.3, 0.4) is 0 Å². The third kappa shape index (κ3) is 3.28. The highest BCUT2D eigenvalue weighted by Crippen LogP contribution is 2.54. The number of fused-ring (bicyclic) bond motifs is 3. The van der Waals surface area contributed by atoms with Gasteiger partial charge in [-0.25, -0.2) is 4.39 Å². The summed E-state index contributed by atoms with van der Waals surface area (Å²) in [5.41, 5.74) is 1.81. The quantitative estimate of drug-likeness (QED) is 0.820. The van der Waals surface area contributed by atoms with Crippen LogP contribution in [0.15, 0.2) is 42.5 Å². The molecule has 0 spiro atoms. The van der Waals surface area contributed by atoms with Crippen molar-refractivity contribution in [2.24, 2.45) is 5.92 Å². The van der Waals surface area contributed by atoms with E-state index in [9.17, 15) is 9.18 Å². The molecule has 0 bridgehead atoms. The number of carbonyl (C=O) groups is 1. The first-order valence-corrected chi connectivity index (χ1v) is 9.70. The number of carboxylic acid groups (broad SMARTS) is 1. The highest BCUT2D eigenvalue weighted by atomic mass is 19.1. The molecule has 2 aliphatic rings. The van der Waals surface area contributed by atoms with Gasteiger partial charge in [-0.15, -0.1) is 0 Å². The van der Waals surface area contributed by atoms with Gasteiger partial charge >= 0.3 is 5.97 Å². The van der Waals surface area contributed by atoms with Crippen LogP contribution in [0.4, 0.5) is 4.39 Å². The molecule has 0 saturated carbocycles. The van der Waals surface area contributed by atoms with Gasteiger partial charge in [-0.05, 0) is 56.5 Å². The fourth-order valence-corrected chi connectivity index (χ4v) is 4.66. The SMILES string of the molecule is C[C@@H]1O[C@@H]2c3cc(CC(=O)O)ccc3OC(C)(C)[C@H]2C[C@H]1c1ccccc1F. The number of ether oxygens (including phenoxy) is 2. The first kappa shape index (κ1) is 18.9. The number of hydrogen-bond acceptors (Lipinski definition) is 3. The van der Waals surface area contributed by atoms with Crippen molar-refractivity contribution in [2.75, 3.05) is 0 Å². The van der Waals surface area contributed by atoms with Crippen LogP contribution < -0.4 is 4.74 Å². The summed E-state index contributed by atoms with van der Waals surface area (Å²) in [7, 11) is 0. The second-order valence-corrected chi connectivity index (χ2v) is 8.38. The molecule has 1 fully saturated rings. The maximum Gasteiger partial charge on any atom is 0.307 e. The minimum atomic E-state index is -0.869. The molecule has 2 heterocycles. The summed E-state index contributed by atoms with van der Waals surface area (Å²) in [4.78, 5) is 11.1. The van der Waals surface area contributed by atoms with Crippen molar-refractivity contribution in [1.29, 1.82) is 0 Å². The average Bonchev–Trinajstić information content (AvgIpc) is 2.62. The molecule has 4 rings (SSSR count). The van der Waals surface area contributed by atoms with Crippen molar-refractivity contribution in [3.63, 3.8) is 0 Å². The summed E-state index contributed by atoms with van der Waals surface area (Å²) >= 11 is 0. The predicted octanol–water partition coefficient (Wildman–Crippen LogP) is 4.87. The second kappa shape index (κ2) is 6.89. The summed E-state index contributed by atoms with van der Waals surface area (Å²) in [5.74, 6) is -0.377. The van der Waals surface area contributed by atoms with Gasteiger partial charge in [-0.3, -0.25) is 4.79 Å². The second-order valence-electron chi connectivity index (χ2n) is 8.38. The van der Waals surface area contributed by atoms with E-state index in [4.69, 9.17) is 14.6 Å². The van der Waals surface area contributed by atoms with Crippen LogP contribution in [0.1, 0.15) is 55.9 Å². The van der Waals surface area contributed by atoms with Gasteiger partial charge in [0.1, 0.15) is 17.2 Å². The lowest BCUT2D eigenvalue weighted by atomic mass is 9.70. The highest BCUT2D eigenvalue weighted by Gasteiger charge is 2.50. The van der Waals surface area contributed by atoms with Crippen molar-refractivity contribution >= 4 is 5.97 Å². The maximum absolute atomic E-state index is 14.4. The highest BCUT2D eigenvalue weighted by molar-refractivity contribution is 5.70. The third-order valence-corrected chi connectivity index (χ3v) is 6.11. The molecule has 4 nitrogen and oxygen atoms in total. The summed E-state index contributed by atoms with van der Waals surface area (Å²) in [6.07, 6.45) is 0.331. The van der Waals surface area contributed by atoms with E-state index in [-0.39, 0.29) is 36.3 Å². The van der Waals surface area contributed by atoms with Crippen LogP contribution in [0, 0.1) is 11.7 Å². The van der Waals surface area contributed by atoms with Crippen LogP contribution in [0.5, 0.6) is 5.75 Å². The molecule has 0 radical (unpaired) electrons. The molecule has 5 heteroatoms. The van der Waals surface area contributed by atoms with Gasteiger partial charge in [0.05, 0.1) is 18.6 Å². The zero-order valence-corrected chi connectivity index (χ0v) is 16.3. The number of hydrogen-bond donors (Lipinski definition) is 1. The fourth-order valence-electron chi connectivity index (χ4n) is 4.66. The monoisotopic (exact) mass is 384 g/mol. The Hall–Kier alpha value is -2.40. The lowest BCUT2D eigenvalue weighted by Crippen LogP contribution is -2.50. The fraction of sp³-hybridized carbons (Fsp3) is 0.435. The van der Waals surface area contributed by atoms with Gasteiger partial charge in [0.2, 0.25) is 0 Å². The molecule has 0 unspecified atom stereocenters. The van der Waals surface area contributed by atoms with Gasteiger partial charge in [0.15, 0.2) is 0 Å². The Morgan fingerprint density at radius 2 is 1.96 bits per heavy atom. The lowest BCUT2D eigenvalue weighted by Gasteiger charge is -2.50. The Balaban J connectivity index is 1.71. The molecule has 2 aromatic rings. The van der Waals surface area contributed by atoms with Crippen LogP contribution in [-0.4, -0.2) is 22.8 Å². The van der Waals surface area contributed by atoms with Gasteiger partial charge < -0.3 is 14.6 Å². The molecule has 2 aromatic carbocycles. The molecule has 1 saturated heterocycles. The third-order valence-electron chi connectivity index (χ3n) is 6.11. The van der Waals surface area contributed by atoms with E-state index in [2.05, 4.69) is 0 Å². The topological polar surface area (TPSA) is 55.8 Å². The molecular formula is C23H25FO4. The molecule has 2 aliphatic heterocycles. The molecule has 28 heavy (non-hydrogen) atoms. The number of rotatable bonds is 3. The van der Waals surface area contributed by atoms with Crippen molar-refractivity contribution in [2.45, 2.75) is 57.3 Å². The van der Waals surface area contributed by atoms with E-state index in [1.54, 1.807) is 12.1 Å². The predicted molar refractivity (Wildman–Crippen MR) is 103 cm³/mol. The van der Waals surface area contributed by atoms with Gasteiger partial charge in [0.25, 0.3) is 0 Å². The molecular weight excluding hydrogens is 359 g/mol. The summed E-state index contributed by atoms with van der Waals surface area (Å²) in [6.45, 7) is 6.06. The smallest absolute Gasteiger partial charge is 0.307 e. The largest absolute Gasteiger partial charge is 0.487 e. The zero-order chi connectivity index (χ0) is 20.1. The van der Waals surface area contributed by atoms with Crippen molar-refractivity contribution < 1.29 is 23.8 Å².